The van der Waals surface area contributed by atoms with Crippen molar-refractivity contribution in [1.82, 2.24) is 0 Å². The van der Waals surface area contributed by atoms with Gasteiger partial charge in [-0.15, -0.1) is 0 Å². The zero-order chi connectivity index (χ0) is 38.6. The summed E-state index contributed by atoms with van der Waals surface area (Å²) in [6.07, 6.45) is -3.90. The van der Waals surface area contributed by atoms with Crippen LogP contribution in [0.25, 0.3) is 0 Å². The zero-order valence-electron chi connectivity index (χ0n) is 32.5. The molecule has 5 saturated carbocycles. The van der Waals surface area contributed by atoms with Crippen LogP contribution in [0.3, 0.4) is 0 Å². The fraction of sp³-hybridized carbons (Fsp3) is 0.927. The van der Waals surface area contributed by atoms with E-state index in [4.69, 9.17) is 18.9 Å². The summed E-state index contributed by atoms with van der Waals surface area (Å²) >= 11 is 0. The van der Waals surface area contributed by atoms with Crippen LogP contribution in [0.4, 0.5) is 0 Å². The van der Waals surface area contributed by atoms with Crippen molar-refractivity contribution in [2.24, 2.45) is 56.7 Å². The van der Waals surface area contributed by atoms with E-state index in [9.17, 15) is 40.5 Å². The van der Waals surface area contributed by atoms with Crippen LogP contribution in [0.1, 0.15) is 106 Å². The highest BCUT2D eigenvalue weighted by Gasteiger charge is 2.72. The highest BCUT2D eigenvalue weighted by Crippen LogP contribution is 2.77. The summed E-state index contributed by atoms with van der Waals surface area (Å²) in [7, 11) is 0. The molecule has 0 aromatic rings. The Morgan fingerprint density at radius 1 is 0.792 bits per heavy atom. The second-order valence-electron chi connectivity index (χ2n) is 19.5. The molecule has 2 heterocycles. The molecule has 0 aromatic heterocycles. The Hall–Kier alpha value is -1.19. The van der Waals surface area contributed by atoms with Gasteiger partial charge in [-0.3, -0.25) is 4.79 Å². The molecule has 7 rings (SSSR count). The first-order chi connectivity index (χ1) is 24.8. The van der Waals surface area contributed by atoms with Crippen LogP contribution >= 0.6 is 0 Å². The van der Waals surface area contributed by atoms with E-state index in [1.54, 1.807) is 0 Å². The van der Waals surface area contributed by atoms with Crippen molar-refractivity contribution in [3.8, 4) is 0 Å². The van der Waals surface area contributed by atoms with E-state index in [-0.39, 0.29) is 47.2 Å². The number of aliphatic carboxylic acids is 1. The normalized spacial score (nSPS) is 56.7. The van der Waals surface area contributed by atoms with E-state index >= 15 is 0 Å². The number of rotatable bonds is 7. The number of aliphatic hydroxyl groups is 6. The smallest absolute Gasteiger partial charge is 0.309 e. The summed E-state index contributed by atoms with van der Waals surface area (Å²) in [6, 6.07) is 0. The van der Waals surface area contributed by atoms with Crippen molar-refractivity contribution in [2.75, 3.05) is 13.2 Å². The monoisotopic (exact) mass is 750 g/mol. The number of aliphatic hydroxyl groups excluding tert-OH is 6. The van der Waals surface area contributed by atoms with Crippen LogP contribution in [0.5, 0.6) is 0 Å². The van der Waals surface area contributed by atoms with Gasteiger partial charge in [0, 0.05) is 5.41 Å². The molecule has 302 valence electrons. The van der Waals surface area contributed by atoms with Crippen LogP contribution in [0, 0.1) is 56.7 Å². The van der Waals surface area contributed by atoms with Gasteiger partial charge in [0.1, 0.15) is 36.6 Å². The Bertz CT molecular complexity index is 1410. The van der Waals surface area contributed by atoms with Crippen LogP contribution in [-0.2, 0) is 23.7 Å². The Balaban J connectivity index is 1.14. The summed E-state index contributed by atoms with van der Waals surface area (Å²) in [5, 5.41) is 74.9. The molecule has 7 aliphatic rings. The summed E-state index contributed by atoms with van der Waals surface area (Å²) in [5.74, 6) is 0.490. The van der Waals surface area contributed by atoms with Crippen molar-refractivity contribution >= 4 is 5.97 Å². The minimum atomic E-state index is -1.62. The first-order valence-corrected chi connectivity index (χ1v) is 20.3. The Kier molecular flexibility index (Phi) is 10.4. The van der Waals surface area contributed by atoms with E-state index < -0.39 is 78.2 Å². The van der Waals surface area contributed by atoms with E-state index in [0.717, 1.165) is 56.9 Å². The molecular formula is C41H66O12. The molecule has 7 N–H and O–H groups in total. The van der Waals surface area contributed by atoms with Gasteiger partial charge in [-0.2, -0.15) is 0 Å². The zero-order valence-corrected chi connectivity index (χ0v) is 32.5. The lowest BCUT2D eigenvalue weighted by molar-refractivity contribution is -0.366. The van der Waals surface area contributed by atoms with E-state index in [0.29, 0.717) is 24.7 Å². The molecule has 0 unspecified atom stereocenters. The maximum atomic E-state index is 13.0. The molecule has 7 fully saturated rings. The number of ether oxygens (including phenoxy) is 4. The maximum Gasteiger partial charge on any atom is 0.309 e. The van der Waals surface area contributed by atoms with Gasteiger partial charge >= 0.3 is 5.97 Å². The molecule has 53 heavy (non-hydrogen) atoms. The number of carboxylic acid groups (broad SMARTS) is 1. The molecule has 12 nitrogen and oxygen atoms in total. The Labute approximate surface area is 314 Å². The molecular weight excluding hydrogens is 684 g/mol. The van der Waals surface area contributed by atoms with Gasteiger partial charge in [0.05, 0.1) is 30.8 Å². The quantitative estimate of drug-likeness (QED) is 0.148. The number of carbonyl (C=O) groups is 1. The predicted octanol–water partition coefficient (Wildman–Crippen LogP) is 3.38. The van der Waals surface area contributed by atoms with Crippen LogP contribution in [0.2, 0.25) is 0 Å². The predicted molar refractivity (Wildman–Crippen MR) is 192 cm³/mol. The Morgan fingerprint density at radius 3 is 2.17 bits per heavy atom. The SMILES string of the molecule is C=C(C)[C@@H]1CC[C@]2(C(=O)O)CC[C@]3(C)[C@H](CC[C@@H]4[C@@]5(C)CC[C@H](O[C@@H]6OC[C@H](O)[C@H](O)[C@H]6O[C@@H]6O[C@@H](C)[C@H](O)[C@@H](O)[C@H]6O)[C@@](C)(CO)[C@@H]5CC[C@]43C)[C@@H]12. The average Bonchev–Trinajstić information content (AvgIpc) is 3.52. The van der Waals surface area contributed by atoms with Gasteiger partial charge in [-0.1, -0.05) is 39.8 Å². The third kappa shape index (κ3) is 5.69. The molecule has 0 spiro atoms. The number of allylic oxidation sites excluding steroid dienone is 1. The molecule has 5 aliphatic carbocycles. The van der Waals surface area contributed by atoms with Gasteiger partial charge in [0.25, 0.3) is 0 Å². The minimum Gasteiger partial charge on any atom is -0.481 e. The second-order valence-corrected chi connectivity index (χ2v) is 19.5. The molecule has 20 atom stereocenters. The van der Waals surface area contributed by atoms with Crippen LogP contribution in [0.15, 0.2) is 12.2 Å². The molecule has 0 radical (unpaired) electrons. The highest BCUT2D eigenvalue weighted by atomic mass is 16.8. The Morgan fingerprint density at radius 2 is 1.51 bits per heavy atom. The topological polar surface area (TPSA) is 196 Å². The molecule has 0 amide bonds. The van der Waals surface area contributed by atoms with Gasteiger partial charge in [0.2, 0.25) is 0 Å². The largest absolute Gasteiger partial charge is 0.481 e. The third-order valence-electron chi connectivity index (χ3n) is 17.4. The standard InChI is InChI=1S/C41H66O12/c1-20(2)22-10-15-41(36(48)49)17-16-39(6)23(28(22)41)8-9-26-37(4)13-12-27(38(5,19-42)25(37)11-14-40(26,39)7)52-35-33(30(45)24(43)18-50-35)53-34-32(47)31(46)29(44)21(3)51-34/h21-35,42-47H,1,8-19H2,2-7H3,(H,48,49)/t21-,22-,23+,24-,25+,26+,27-,28+,29-,30-,31+,32+,33+,34-,35-,37-,38-,39+,40+,41-/m0/s1. The highest BCUT2D eigenvalue weighted by molar-refractivity contribution is 5.76. The number of hydrogen-bond acceptors (Lipinski definition) is 11. The lowest BCUT2D eigenvalue weighted by Crippen LogP contribution is -2.68. The molecule has 12 heteroatoms. The number of fused-ring (bicyclic) bond motifs is 7. The fourth-order valence-electron chi connectivity index (χ4n) is 14.2. The first-order valence-electron chi connectivity index (χ1n) is 20.3. The average molecular weight is 751 g/mol. The van der Waals surface area contributed by atoms with Gasteiger partial charge in [-0.25, -0.2) is 0 Å². The molecule has 2 aliphatic heterocycles. The van der Waals surface area contributed by atoms with Crippen LogP contribution < -0.4 is 0 Å². The summed E-state index contributed by atoms with van der Waals surface area (Å²) in [6.45, 7) is 17.1. The third-order valence-corrected chi connectivity index (χ3v) is 17.4. The number of carboxylic acids is 1. The van der Waals surface area contributed by atoms with E-state index in [1.165, 1.54) is 6.92 Å². The van der Waals surface area contributed by atoms with E-state index in [2.05, 4.69) is 41.2 Å². The summed E-state index contributed by atoms with van der Waals surface area (Å²) < 4.78 is 24.3. The van der Waals surface area contributed by atoms with Gasteiger partial charge in [-0.05, 0) is 124 Å². The van der Waals surface area contributed by atoms with Crippen molar-refractivity contribution in [3.63, 3.8) is 0 Å². The van der Waals surface area contributed by atoms with Crippen molar-refractivity contribution in [1.29, 1.82) is 0 Å². The second kappa shape index (κ2) is 13.7. The van der Waals surface area contributed by atoms with Crippen molar-refractivity contribution in [3.05, 3.63) is 12.2 Å². The van der Waals surface area contributed by atoms with Crippen molar-refractivity contribution in [2.45, 2.75) is 167 Å². The lowest BCUT2D eigenvalue weighted by Gasteiger charge is -2.73. The minimum absolute atomic E-state index is 0.0140. The van der Waals surface area contributed by atoms with E-state index in [1.807, 2.05) is 0 Å². The van der Waals surface area contributed by atoms with Gasteiger partial charge in [0.15, 0.2) is 12.6 Å². The molecule has 2 saturated heterocycles. The first kappa shape index (κ1) is 40.0. The summed E-state index contributed by atoms with van der Waals surface area (Å²) in [4.78, 5) is 13.0. The van der Waals surface area contributed by atoms with Crippen LogP contribution in [-0.4, -0.2) is 116 Å². The lowest BCUT2D eigenvalue weighted by atomic mass is 9.32. The van der Waals surface area contributed by atoms with Gasteiger partial charge < -0.3 is 54.7 Å². The molecule has 0 bridgehead atoms. The van der Waals surface area contributed by atoms with Crippen molar-refractivity contribution < 1.29 is 59.5 Å². The fourth-order valence-corrected chi connectivity index (χ4v) is 14.2. The molecule has 0 aromatic carbocycles. The summed E-state index contributed by atoms with van der Waals surface area (Å²) in [5.41, 5.74) is -0.394. The maximum absolute atomic E-state index is 13.0. The number of hydrogen-bond donors (Lipinski definition) is 7.